The molecule has 0 bridgehead atoms. The Labute approximate surface area is 114 Å². The van der Waals surface area contributed by atoms with Crippen molar-refractivity contribution in [3.63, 3.8) is 0 Å². The summed E-state index contributed by atoms with van der Waals surface area (Å²) in [6.07, 6.45) is 1.37. The minimum Gasteiger partial charge on any atom is -0.463 e. The van der Waals surface area contributed by atoms with E-state index in [1.165, 1.54) is 18.1 Å². The fraction of sp³-hybridized carbons (Fsp3) is 0.182. The van der Waals surface area contributed by atoms with Crippen LogP contribution in [0.5, 0.6) is 0 Å². The van der Waals surface area contributed by atoms with E-state index in [2.05, 4.69) is 19.8 Å². The van der Waals surface area contributed by atoms with E-state index < -0.39 is 5.97 Å². The average Bonchev–Trinajstić information content (AvgIpc) is 2.86. The van der Waals surface area contributed by atoms with Crippen LogP contribution in [0.1, 0.15) is 21.9 Å². The number of carbonyl (C=O) groups excluding carboxylic acids is 1. The average molecular weight is 277 g/mol. The molecular weight excluding hydrogens is 266 g/mol. The highest BCUT2D eigenvalue weighted by Gasteiger charge is 2.13. The Morgan fingerprint density at radius 3 is 2.84 bits per heavy atom. The van der Waals surface area contributed by atoms with Gasteiger partial charge in [0.25, 0.3) is 5.82 Å². The van der Waals surface area contributed by atoms with Crippen molar-refractivity contribution in [2.24, 2.45) is 5.73 Å². The van der Waals surface area contributed by atoms with E-state index in [0.29, 0.717) is 11.4 Å². The van der Waals surface area contributed by atoms with Crippen LogP contribution in [0.3, 0.4) is 0 Å². The molecule has 0 amide bonds. The van der Waals surface area contributed by atoms with Crippen molar-refractivity contribution < 1.29 is 9.53 Å². The highest BCUT2D eigenvalue weighted by molar-refractivity contribution is 7.80. The molecule has 0 aliphatic rings. The number of hydrogen-bond donors (Lipinski definition) is 1. The molecule has 0 aliphatic heterocycles. The lowest BCUT2D eigenvalue weighted by atomic mass is 10.2. The lowest BCUT2D eigenvalue weighted by molar-refractivity contribution is 0.0587. The van der Waals surface area contributed by atoms with E-state index in [0.717, 1.165) is 5.69 Å². The van der Waals surface area contributed by atoms with Crippen LogP contribution in [-0.4, -0.2) is 37.8 Å². The van der Waals surface area contributed by atoms with Crippen molar-refractivity contribution in [1.29, 1.82) is 0 Å². The van der Waals surface area contributed by atoms with E-state index in [9.17, 15) is 4.79 Å². The van der Waals surface area contributed by atoms with Gasteiger partial charge >= 0.3 is 5.97 Å². The molecule has 2 heterocycles. The number of esters is 1. The fourth-order valence-electron chi connectivity index (χ4n) is 1.47. The summed E-state index contributed by atoms with van der Waals surface area (Å²) in [4.78, 5) is 19.7. The van der Waals surface area contributed by atoms with Gasteiger partial charge in [0.1, 0.15) is 11.3 Å². The first-order chi connectivity index (χ1) is 9.01. The molecule has 0 fully saturated rings. The third-order valence-corrected chi connectivity index (χ3v) is 2.55. The van der Waals surface area contributed by atoms with Crippen molar-refractivity contribution in [1.82, 2.24) is 19.7 Å². The summed E-state index contributed by atoms with van der Waals surface area (Å²) in [5.74, 6) is -0.172. The number of nitrogens with zero attached hydrogens (tertiary/aromatic N) is 4. The van der Waals surface area contributed by atoms with Crippen molar-refractivity contribution in [2.75, 3.05) is 7.11 Å². The van der Waals surface area contributed by atoms with Crippen molar-refractivity contribution in [3.8, 4) is 5.82 Å². The van der Waals surface area contributed by atoms with Crippen LogP contribution in [-0.2, 0) is 4.74 Å². The number of rotatable bonds is 3. The van der Waals surface area contributed by atoms with E-state index in [1.54, 1.807) is 12.1 Å². The molecule has 0 unspecified atom stereocenters. The predicted molar refractivity (Wildman–Crippen MR) is 71.1 cm³/mol. The Kier molecular flexibility index (Phi) is 3.52. The number of methoxy groups -OCH3 is 1. The first-order valence-electron chi connectivity index (χ1n) is 5.30. The Balaban J connectivity index is 2.44. The van der Waals surface area contributed by atoms with Crippen LogP contribution >= 0.6 is 12.2 Å². The van der Waals surface area contributed by atoms with E-state index in [4.69, 9.17) is 18.0 Å². The third kappa shape index (κ3) is 2.74. The number of thiocarbonyl (C=S) groups is 1. The second-order valence-corrected chi connectivity index (χ2v) is 4.16. The minimum atomic E-state index is -0.610. The number of hydrogen-bond acceptors (Lipinski definition) is 6. The second kappa shape index (κ2) is 5.11. The molecule has 2 N–H and O–H groups in total. The van der Waals surface area contributed by atoms with E-state index >= 15 is 0 Å². The molecule has 19 heavy (non-hydrogen) atoms. The molecule has 8 heteroatoms. The molecule has 7 nitrogen and oxygen atoms in total. The van der Waals surface area contributed by atoms with Crippen LogP contribution in [0.2, 0.25) is 0 Å². The van der Waals surface area contributed by atoms with Crippen LogP contribution < -0.4 is 5.73 Å². The van der Waals surface area contributed by atoms with Gasteiger partial charge < -0.3 is 10.5 Å². The topological polar surface area (TPSA) is 95.9 Å². The zero-order valence-corrected chi connectivity index (χ0v) is 11.1. The van der Waals surface area contributed by atoms with Gasteiger partial charge in [0, 0.05) is 11.3 Å². The lowest BCUT2D eigenvalue weighted by Gasteiger charge is -2.04. The smallest absolute Gasteiger partial charge is 0.377 e. The summed E-state index contributed by atoms with van der Waals surface area (Å²) in [6.45, 7) is 1.81. The van der Waals surface area contributed by atoms with Crippen LogP contribution in [0.25, 0.3) is 5.82 Å². The van der Waals surface area contributed by atoms with Crippen LogP contribution in [0, 0.1) is 6.92 Å². The number of nitrogens with two attached hydrogens (primary N) is 1. The lowest BCUT2D eigenvalue weighted by Crippen LogP contribution is -2.12. The van der Waals surface area contributed by atoms with Gasteiger partial charge in [-0.05, 0) is 19.1 Å². The quantitative estimate of drug-likeness (QED) is 0.640. The zero-order valence-electron chi connectivity index (χ0n) is 10.3. The monoisotopic (exact) mass is 277 g/mol. The molecule has 0 atom stereocenters. The van der Waals surface area contributed by atoms with Crippen molar-refractivity contribution in [2.45, 2.75) is 6.92 Å². The highest BCUT2D eigenvalue weighted by Crippen LogP contribution is 2.09. The molecule has 98 valence electrons. The minimum absolute atomic E-state index is 0.0392. The number of ether oxygens (including phenoxy) is 1. The van der Waals surface area contributed by atoms with Gasteiger partial charge in [0.15, 0.2) is 5.82 Å². The molecule has 0 aromatic carbocycles. The van der Waals surface area contributed by atoms with Gasteiger partial charge in [0.05, 0.1) is 7.11 Å². The molecule has 0 radical (unpaired) electrons. The van der Waals surface area contributed by atoms with Crippen LogP contribution in [0.15, 0.2) is 18.5 Å². The summed E-state index contributed by atoms with van der Waals surface area (Å²) >= 11 is 4.93. The number of carbonyl (C=O) groups is 1. The van der Waals surface area contributed by atoms with Gasteiger partial charge in [-0.15, -0.1) is 5.10 Å². The zero-order chi connectivity index (χ0) is 14.0. The third-order valence-electron chi connectivity index (χ3n) is 2.32. The first-order valence-corrected chi connectivity index (χ1v) is 5.71. The maximum absolute atomic E-state index is 11.3. The summed E-state index contributed by atoms with van der Waals surface area (Å²) in [6, 6.07) is 3.44. The van der Waals surface area contributed by atoms with Gasteiger partial charge in [-0.25, -0.2) is 19.4 Å². The summed E-state index contributed by atoms with van der Waals surface area (Å²) < 4.78 is 5.89. The van der Waals surface area contributed by atoms with E-state index in [1.807, 2.05) is 6.92 Å². The maximum Gasteiger partial charge on any atom is 0.377 e. The SMILES string of the molecule is COC(=O)c1ncn(-c2cc(C(N)=S)cc(C)n2)n1. The van der Waals surface area contributed by atoms with Gasteiger partial charge in [-0.1, -0.05) is 12.2 Å². The fourth-order valence-corrected chi connectivity index (χ4v) is 1.59. The summed E-state index contributed by atoms with van der Waals surface area (Å²) in [7, 11) is 1.26. The molecule has 0 spiro atoms. The van der Waals surface area contributed by atoms with Gasteiger partial charge in [-0.3, -0.25) is 0 Å². The van der Waals surface area contributed by atoms with Gasteiger partial charge in [-0.2, -0.15) is 0 Å². The molecule has 0 saturated carbocycles. The Morgan fingerprint density at radius 1 is 1.47 bits per heavy atom. The molecule has 2 aromatic heterocycles. The molecule has 2 aromatic rings. The normalized spacial score (nSPS) is 10.2. The summed E-state index contributed by atoms with van der Waals surface area (Å²) in [5, 5.41) is 3.98. The van der Waals surface area contributed by atoms with Crippen LogP contribution in [0.4, 0.5) is 0 Å². The number of pyridine rings is 1. The molecule has 0 aliphatic carbocycles. The summed E-state index contributed by atoms with van der Waals surface area (Å²) in [5.41, 5.74) is 6.99. The second-order valence-electron chi connectivity index (χ2n) is 3.72. The number of aromatic nitrogens is 4. The van der Waals surface area contributed by atoms with Crippen molar-refractivity contribution in [3.05, 3.63) is 35.5 Å². The van der Waals surface area contributed by atoms with E-state index in [-0.39, 0.29) is 10.8 Å². The Hall–Kier alpha value is -2.35. The highest BCUT2D eigenvalue weighted by atomic mass is 32.1. The van der Waals surface area contributed by atoms with Crippen molar-refractivity contribution >= 4 is 23.2 Å². The molecule has 2 rings (SSSR count). The largest absolute Gasteiger partial charge is 0.463 e. The predicted octanol–water partition coefficient (Wildman–Crippen LogP) is 0.392. The standard InChI is InChI=1S/C11H11N5O2S/c1-6-3-7(9(12)19)4-8(14-6)16-5-13-10(15-16)11(17)18-2/h3-5H,1-2H3,(H2,12,19). The first kappa shape index (κ1) is 13.1. The Morgan fingerprint density at radius 2 is 2.21 bits per heavy atom. The van der Waals surface area contributed by atoms with Gasteiger partial charge in [0.2, 0.25) is 0 Å². The maximum atomic E-state index is 11.3. The number of aryl methyl sites for hydroxylation is 1. The molecule has 0 saturated heterocycles. The molecular formula is C11H11N5O2S. The Bertz CT molecular complexity index is 652.